The molecule has 8 nitrogen and oxygen atoms in total. The topological polar surface area (TPSA) is 98.9 Å². The zero-order valence-corrected chi connectivity index (χ0v) is 14.1. The van der Waals surface area contributed by atoms with E-state index in [-0.39, 0.29) is 18.2 Å². The molecular formula is C15H17N5O3S. The minimum Gasteiger partial charge on any atom is -0.318 e. The summed E-state index contributed by atoms with van der Waals surface area (Å²) in [6, 6.07) is 8.91. The first kappa shape index (κ1) is 16.2. The van der Waals surface area contributed by atoms with Gasteiger partial charge in [-0.05, 0) is 12.1 Å². The number of hydrogen-bond donors (Lipinski definition) is 1. The molecule has 0 unspecified atom stereocenters. The van der Waals surface area contributed by atoms with Gasteiger partial charge in [-0.1, -0.05) is 12.1 Å². The number of carbonyl (C=O) groups excluding carboxylic acids is 1. The Morgan fingerprint density at radius 2 is 2.00 bits per heavy atom. The second kappa shape index (κ2) is 6.08. The highest BCUT2D eigenvalue weighted by Crippen LogP contribution is 2.18. The maximum absolute atomic E-state index is 12.3. The van der Waals surface area contributed by atoms with Crippen LogP contribution in [0.25, 0.3) is 11.0 Å². The second-order valence-corrected chi connectivity index (χ2v) is 7.74. The molecule has 0 aliphatic rings. The van der Waals surface area contributed by atoms with Crippen molar-refractivity contribution in [3.8, 4) is 0 Å². The second-order valence-electron chi connectivity index (χ2n) is 5.60. The summed E-state index contributed by atoms with van der Waals surface area (Å²) in [5.74, 6) is 0.261. The lowest BCUT2D eigenvalue weighted by molar-refractivity contribution is -0.116. The Hall–Kier alpha value is -2.68. The minimum atomic E-state index is -3.27. The number of aryl methyl sites for hydroxylation is 1. The van der Waals surface area contributed by atoms with Gasteiger partial charge < -0.3 is 9.88 Å². The van der Waals surface area contributed by atoms with Crippen LogP contribution in [0.3, 0.4) is 0 Å². The Bertz CT molecular complexity index is 1000. The van der Waals surface area contributed by atoms with Crippen molar-refractivity contribution in [3.63, 3.8) is 0 Å². The van der Waals surface area contributed by atoms with Crippen molar-refractivity contribution < 1.29 is 13.2 Å². The van der Waals surface area contributed by atoms with Gasteiger partial charge in [-0.15, -0.1) is 0 Å². The summed E-state index contributed by atoms with van der Waals surface area (Å²) in [4.78, 5) is 16.6. The Morgan fingerprint density at radius 1 is 1.25 bits per heavy atom. The number of hydrogen-bond acceptors (Lipinski definition) is 5. The minimum absolute atomic E-state index is 0.0397. The molecule has 2 aromatic heterocycles. The Morgan fingerprint density at radius 3 is 2.67 bits per heavy atom. The van der Waals surface area contributed by atoms with E-state index in [2.05, 4.69) is 15.4 Å². The smallest absolute Gasteiger partial charge is 0.245 e. The van der Waals surface area contributed by atoms with Crippen LogP contribution in [-0.2, 0) is 34.0 Å². The number of anilines is 1. The van der Waals surface area contributed by atoms with Crippen LogP contribution >= 0.6 is 0 Å². The van der Waals surface area contributed by atoms with E-state index in [1.54, 1.807) is 34.6 Å². The highest BCUT2D eigenvalue weighted by molar-refractivity contribution is 7.89. The normalized spacial score (nSPS) is 11.8. The molecule has 2 heterocycles. The molecule has 0 aliphatic carbocycles. The number of aromatic nitrogens is 4. The molecule has 0 fully saturated rings. The van der Waals surface area contributed by atoms with Crippen molar-refractivity contribution >= 4 is 32.6 Å². The number of nitrogens with zero attached hydrogens (tertiary/aromatic N) is 4. The molecule has 9 heteroatoms. The Balaban J connectivity index is 1.91. The quantitative estimate of drug-likeness (QED) is 0.741. The first-order valence-electron chi connectivity index (χ1n) is 7.23. The number of benzene rings is 1. The summed E-state index contributed by atoms with van der Waals surface area (Å²) >= 11 is 0. The molecule has 126 valence electrons. The Kier molecular flexibility index (Phi) is 4.10. The summed E-state index contributed by atoms with van der Waals surface area (Å²) in [7, 11) is -1.52. The van der Waals surface area contributed by atoms with Crippen LogP contribution in [0, 0.1) is 0 Å². The van der Waals surface area contributed by atoms with Crippen molar-refractivity contribution in [1.82, 2.24) is 19.3 Å². The fourth-order valence-corrected chi connectivity index (χ4v) is 3.14. The number of carbonyl (C=O) groups is 1. The maximum Gasteiger partial charge on any atom is 0.245 e. The van der Waals surface area contributed by atoms with Gasteiger partial charge in [-0.3, -0.25) is 9.48 Å². The molecule has 3 rings (SSSR count). The molecule has 24 heavy (non-hydrogen) atoms. The first-order chi connectivity index (χ1) is 11.3. The third kappa shape index (κ3) is 3.62. The molecule has 0 saturated carbocycles. The van der Waals surface area contributed by atoms with Crippen LogP contribution in [0.5, 0.6) is 0 Å². The van der Waals surface area contributed by atoms with Gasteiger partial charge in [-0.25, -0.2) is 13.4 Å². The van der Waals surface area contributed by atoms with Crippen LogP contribution in [0.1, 0.15) is 5.82 Å². The van der Waals surface area contributed by atoms with Crippen molar-refractivity contribution in [2.45, 2.75) is 12.3 Å². The van der Waals surface area contributed by atoms with Gasteiger partial charge >= 0.3 is 0 Å². The van der Waals surface area contributed by atoms with Crippen LogP contribution in [0.4, 0.5) is 5.82 Å². The molecule has 1 aromatic carbocycles. The largest absolute Gasteiger partial charge is 0.318 e. The molecule has 1 amide bonds. The van der Waals surface area contributed by atoms with E-state index in [1.165, 1.54) is 0 Å². The van der Waals surface area contributed by atoms with Gasteiger partial charge in [0.15, 0.2) is 15.7 Å². The lowest BCUT2D eigenvalue weighted by atomic mass is 10.3. The highest BCUT2D eigenvalue weighted by atomic mass is 32.2. The number of sulfone groups is 1. The van der Waals surface area contributed by atoms with E-state index in [0.717, 1.165) is 6.26 Å². The van der Waals surface area contributed by atoms with E-state index in [0.29, 0.717) is 22.7 Å². The fourth-order valence-electron chi connectivity index (χ4n) is 2.45. The summed E-state index contributed by atoms with van der Waals surface area (Å²) in [5, 5.41) is 6.77. The molecule has 1 N–H and O–H groups in total. The molecule has 0 saturated heterocycles. The van der Waals surface area contributed by atoms with Crippen LogP contribution in [0.2, 0.25) is 0 Å². The number of imidazole rings is 1. The van der Waals surface area contributed by atoms with Crippen molar-refractivity contribution in [2.24, 2.45) is 7.05 Å². The molecule has 0 atom stereocenters. The van der Waals surface area contributed by atoms with Gasteiger partial charge in [0.1, 0.15) is 18.1 Å². The number of nitrogens with one attached hydrogen (secondary N) is 1. The zero-order valence-electron chi connectivity index (χ0n) is 13.3. The molecule has 0 radical (unpaired) electrons. The fraction of sp³-hybridized carbons (Fsp3) is 0.267. The highest BCUT2D eigenvalue weighted by Gasteiger charge is 2.17. The predicted molar refractivity (Wildman–Crippen MR) is 90.1 cm³/mol. The molecule has 0 bridgehead atoms. The maximum atomic E-state index is 12.3. The van der Waals surface area contributed by atoms with Crippen molar-refractivity contribution in [2.75, 3.05) is 11.6 Å². The molecule has 0 spiro atoms. The van der Waals surface area contributed by atoms with E-state index in [9.17, 15) is 13.2 Å². The van der Waals surface area contributed by atoms with Crippen molar-refractivity contribution in [3.05, 3.63) is 42.4 Å². The summed E-state index contributed by atoms with van der Waals surface area (Å²) in [5.41, 5.74) is 1.37. The first-order valence-corrected chi connectivity index (χ1v) is 9.29. The average Bonchev–Trinajstić information content (AvgIpc) is 3.02. The predicted octanol–water partition coefficient (Wildman–Crippen LogP) is 0.953. The van der Waals surface area contributed by atoms with Gasteiger partial charge in [0.2, 0.25) is 5.91 Å². The zero-order chi connectivity index (χ0) is 17.3. The van der Waals surface area contributed by atoms with Crippen LogP contribution < -0.4 is 5.32 Å². The van der Waals surface area contributed by atoms with Gasteiger partial charge in [0.25, 0.3) is 0 Å². The average molecular weight is 347 g/mol. The Labute approximate surface area is 139 Å². The number of fused-ring (bicyclic) bond motifs is 1. The van der Waals surface area contributed by atoms with Gasteiger partial charge in [0.05, 0.1) is 11.0 Å². The van der Waals surface area contributed by atoms with Crippen LogP contribution in [0.15, 0.2) is 36.5 Å². The lowest BCUT2D eigenvalue weighted by Gasteiger charge is -2.08. The van der Waals surface area contributed by atoms with Gasteiger partial charge in [0, 0.05) is 25.6 Å². The SMILES string of the molecule is Cn1ccc(NC(=O)Cn2c(CS(C)(=O)=O)nc3ccccc32)n1. The lowest BCUT2D eigenvalue weighted by Crippen LogP contribution is -2.21. The third-order valence-electron chi connectivity index (χ3n) is 3.41. The van der Waals surface area contributed by atoms with Crippen LogP contribution in [-0.4, -0.2) is 39.9 Å². The van der Waals surface area contributed by atoms with E-state index in [4.69, 9.17) is 0 Å². The van der Waals surface area contributed by atoms with E-state index < -0.39 is 9.84 Å². The third-order valence-corrected chi connectivity index (χ3v) is 4.19. The molecule has 0 aliphatic heterocycles. The number of rotatable bonds is 5. The summed E-state index contributed by atoms with van der Waals surface area (Å²) < 4.78 is 26.5. The summed E-state index contributed by atoms with van der Waals surface area (Å²) in [6.45, 7) is -0.0397. The standard InChI is InChI=1S/C15H17N5O3S/c1-19-8-7-13(18-19)17-15(21)9-20-12-6-4-3-5-11(12)16-14(20)10-24(2,22)23/h3-8H,9-10H2,1-2H3,(H,17,18,21). The van der Waals surface area contributed by atoms with Gasteiger partial charge in [-0.2, -0.15) is 5.10 Å². The molecule has 3 aromatic rings. The summed E-state index contributed by atoms with van der Waals surface area (Å²) in [6.07, 6.45) is 2.86. The van der Waals surface area contributed by atoms with Crippen molar-refractivity contribution in [1.29, 1.82) is 0 Å². The number of amides is 1. The number of para-hydroxylation sites is 2. The van der Waals surface area contributed by atoms with E-state index >= 15 is 0 Å². The monoisotopic (exact) mass is 347 g/mol. The molecular weight excluding hydrogens is 330 g/mol. The van der Waals surface area contributed by atoms with E-state index in [1.807, 2.05) is 18.2 Å².